The molecule has 24 heavy (non-hydrogen) atoms. The van der Waals surface area contributed by atoms with E-state index in [1.165, 1.54) is 22.6 Å². The molecule has 0 atom stereocenters. The van der Waals surface area contributed by atoms with Crippen LogP contribution in [-0.2, 0) is 6.54 Å². The van der Waals surface area contributed by atoms with Crippen molar-refractivity contribution in [3.8, 4) is 5.69 Å². The Bertz CT molecular complexity index is 922. The van der Waals surface area contributed by atoms with Gasteiger partial charge in [-0.2, -0.15) is 0 Å². The van der Waals surface area contributed by atoms with Crippen LogP contribution >= 0.6 is 11.3 Å². The third kappa shape index (κ3) is 2.57. The van der Waals surface area contributed by atoms with E-state index < -0.39 is 0 Å². The number of carbonyl (C=O) groups is 1. The molecular formula is C19H17N3OS. The molecule has 4 nitrogen and oxygen atoms in total. The van der Waals surface area contributed by atoms with Gasteiger partial charge in [0.2, 0.25) is 0 Å². The Morgan fingerprint density at radius 2 is 2.08 bits per heavy atom. The van der Waals surface area contributed by atoms with Gasteiger partial charge in [-0.3, -0.25) is 9.79 Å². The van der Waals surface area contributed by atoms with Crippen LogP contribution in [0.25, 0.3) is 5.69 Å². The van der Waals surface area contributed by atoms with Crippen LogP contribution in [0.1, 0.15) is 26.6 Å². The molecule has 1 N–H and O–H groups in total. The van der Waals surface area contributed by atoms with E-state index in [4.69, 9.17) is 4.99 Å². The lowest BCUT2D eigenvalue weighted by molar-refractivity contribution is 0.0963. The average molecular weight is 335 g/mol. The second-order valence-electron chi connectivity index (χ2n) is 5.75. The number of nitrogens with zero attached hydrogens (tertiary/aromatic N) is 2. The largest absolute Gasteiger partial charge is 0.346 e. The first-order valence-corrected chi connectivity index (χ1v) is 8.74. The van der Waals surface area contributed by atoms with Crippen molar-refractivity contribution in [2.24, 2.45) is 4.99 Å². The fraction of sp³-hybridized carbons (Fsp3) is 0.158. The Morgan fingerprint density at radius 1 is 1.21 bits per heavy atom. The highest BCUT2D eigenvalue weighted by molar-refractivity contribution is 7.12. The number of hydrogen-bond acceptors (Lipinski definition) is 3. The predicted octanol–water partition coefficient (Wildman–Crippen LogP) is 3.58. The zero-order chi connectivity index (χ0) is 16.5. The molecule has 2 aromatic heterocycles. The maximum atomic E-state index is 12.2. The number of thiophene rings is 1. The summed E-state index contributed by atoms with van der Waals surface area (Å²) in [6, 6.07) is 16.2. The zero-order valence-corrected chi connectivity index (χ0v) is 14.1. The first kappa shape index (κ1) is 14.9. The third-order valence-corrected chi connectivity index (χ3v) is 5.07. The molecule has 1 aliphatic heterocycles. The van der Waals surface area contributed by atoms with E-state index in [-0.39, 0.29) is 5.91 Å². The summed E-state index contributed by atoms with van der Waals surface area (Å²) in [6.45, 7) is 3.14. The first-order chi connectivity index (χ1) is 11.7. The van der Waals surface area contributed by atoms with Gasteiger partial charge in [-0.25, -0.2) is 0 Å². The number of aromatic nitrogens is 1. The second kappa shape index (κ2) is 6.09. The number of carbonyl (C=O) groups excluding carboxylic acids is 1. The van der Waals surface area contributed by atoms with Crippen molar-refractivity contribution >= 4 is 23.0 Å². The molecule has 4 rings (SSSR count). The van der Waals surface area contributed by atoms with Crippen LogP contribution < -0.4 is 5.32 Å². The fourth-order valence-electron chi connectivity index (χ4n) is 3.01. The summed E-state index contributed by atoms with van der Waals surface area (Å²) >= 11 is 1.44. The quantitative estimate of drug-likeness (QED) is 0.781. The summed E-state index contributed by atoms with van der Waals surface area (Å²) in [5.74, 6) is -0.0516. The van der Waals surface area contributed by atoms with Gasteiger partial charge in [-0.05, 0) is 42.1 Å². The van der Waals surface area contributed by atoms with Crippen LogP contribution in [0, 0.1) is 6.92 Å². The molecule has 1 aromatic carbocycles. The molecule has 1 amide bonds. The zero-order valence-electron chi connectivity index (χ0n) is 13.3. The molecule has 0 fully saturated rings. The van der Waals surface area contributed by atoms with E-state index in [0.29, 0.717) is 13.1 Å². The van der Waals surface area contributed by atoms with Crippen molar-refractivity contribution in [1.82, 2.24) is 9.88 Å². The summed E-state index contributed by atoms with van der Waals surface area (Å²) in [5, 5.41) is 4.89. The van der Waals surface area contributed by atoms with Gasteiger partial charge < -0.3 is 9.88 Å². The number of benzene rings is 1. The number of aryl methyl sites for hydroxylation is 1. The summed E-state index contributed by atoms with van der Waals surface area (Å²) in [5.41, 5.74) is 5.47. The Kier molecular flexibility index (Phi) is 3.78. The van der Waals surface area contributed by atoms with Crippen LogP contribution in [0.5, 0.6) is 0 Å². The number of amides is 1. The first-order valence-electron chi connectivity index (χ1n) is 7.86. The molecule has 3 heterocycles. The highest BCUT2D eigenvalue weighted by atomic mass is 32.1. The number of rotatable bonds is 3. The van der Waals surface area contributed by atoms with Crippen molar-refractivity contribution in [1.29, 1.82) is 0 Å². The maximum Gasteiger partial charge on any atom is 0.261 e. The van der Waals surface area contributed by atoms with E-state index in [2.05, 4.69) is 41.1 Å². The van der Waals surface area contributed by atoms with Gasteiger partial charge in [0.1, 0.15) is 0 Å². The smallest absolute Gasteiger partial charge is 0.261 e. The van der Waals surface area contributed by atoms with Gasteiger partial charge >= 0.3 is 0 Å². The standard InChI is InChI=1S/C19H17N3OS/c1-13-8-9-17-15(12-21-19(23)18-7-4-10-24-18)20-11-14-5-2-3-6-16(14)22(13)17/h2-10H,11-12H2,1H3,(H,21,23). The van der Waals surface area contributed by atoms with Crippen LogP contribution in [0.4, 0.5) is 0 Å². The minimum atomic E-state index is -0.0516. The van der Waals surface area contributed by atoms with Crippen molar-refractivity contribution in [3.05, 3.63) is 75.7 Å². The van der Waals surface area contributed by atoms with Gasteiger partial charge in [-0.15, -0.1) is 11.3 Å². The molecule has 5 heteroatoms. The molecule has 3 aromatic rings. The lowest BCUT2D eigenvalue weighted by Gasteiger charge is -2.13. The lowest BCUT2D eigenvalue weighted by atomic mass is 10.1. The van der Waals surface area contributed by atoms with Crippen molar-refractivity contribution in [2.75, 3.05) is 6.54 Å². The van der Waals surface area contributed by atoms with Crippen molar-refractivity contribution in [3.63, 3.8) is 0 Å². The molecule has 0 spiro atoms. The Balaban J connectivity index is 1.65. The molecule has 0 saturated heterocycles. The van der Waals surface area contributed by atoms with Crippen molar-refractivity contribution < 1.29 is 4.79 Å². The SMILES string of the molecule is Cc1ccc2n1-c1ccccc1CN=C2CNC(=O)c1cccs1. The van der Waals surface area contributed by atoms with E-state index >= 15 is 0 Å². The van der Waals surface area contributed by atoms with Crippen molar-refractivity contribution in [2.45, 2.75) is 13.5 Å². The predicted molar refractivity (Wildman–Crippen MR) is 97.4 cm³/mol. The summed E-state index contributed by atoms with van der Waals surface area (Å²) in [7, 11) is 0. The van der Waals surface area contributed by atoms with E-state index in [9.17, 15) is 4.79 Å². The minimum Gasteiger partial charge on any atom is -0.346 e. The highest BCUT2D eigenvalue weighted by Crippen LogP contribution is 2.25. The van der Waals surface area contributed by atoms with Crippen LogP contribution in [0.3, 0.4) is 0 Å². The number of fused-ring (bicyclic) bond motifs is 3. The van der Waals surface area contributed by atoms with Gasteiger partial charge in [0.05, 0.1) is 35.1 Å². The monoisotopic (exact) mass is 335 g/mol. The van der Waals surface area contributed by atoms with Gasteiger partial charge in [0.15, 0.2) is 0 Å². The molecule has 1 aliphatic rings. The summed E-state index contributed by atoms with van der Waals surface area (Å²) in [4.78, 5) is 17.7. The fourth-order valence-corrected chi connectivity index (χ4v) is 3.65. The Morgan fingerprint density at radius 3 is 2.92 bits per heavy atom. The minimum absolute atomic E-state index is 0.0516. The highest BCUT2D eigenvalue weighted by Gasteiger charge is 2.19. The number of nitrogens with one attached hydrogen (secondary N) is 1. The van der Waals surface area contributed by atoms with E-state index in [1.54, 1.807) is 0 Å². The third-order valence-electron chi connectivity index (χ3n) is 4.21. The van der Waals surface area contributed by atoms with Gasteiger partial charge in [0.25, 0.3) is 5.91 Å². The van der Waals surface area contributed by atoms with E-state index in [0.717, 1.165) is 22.0 Å². The Hall–Kier alpha value is -2.66. The molecular weight excluding hydrogens is 318 g/mol. The van der Waals surface area contributed by atoms with Crippen LogP contribution in [0.15, 0.2) is 58.9 Å². The number of para-hydroxylation sites is 1. The number of hydrogen-bond donors (Lipinski definition) is 1. The molecule has 120 valence electrons. The second-order valence-corrected chi connectivity index (χ2v) is 6.69. The molecule has 0 radical (unpaired) electrons. The molecule has 0 aliphatic carbocycles. The van der Waals surface area contributed by atoms with Gasteiger partial charge in [0, 0.05) is 5.69 Å². The van der Waals surface area contributed by atoms with Crippen LogP contribution in [0.2, 0.25) is 0 Å². The number of aliphatic imine (C=N–C) groups is 1. The lowest BCUT2D eigenvalue weighted by Crippen LogP contribution is -2.30. The summed E-state index contributed by atoms with van der Waals surface area (Å²) in [6.07, 6.45) is 0. The Labute approximate surface area is 144 Å². The van der Waals surface area contributed by atoms with Gasteiger partial charge in [-0.1, -0.05) is 24.3 Å². The maximum absolute atomic E-state index is 12.2. The van der Waals surface area contributed by atoms with Crippen LogP contribution in [-0.4, -0.2) is 22.7 Å². The normalized spacial score (nSPS) is 12.8. The average Bonchev–Trinajstić information content (AvgIpc) is 3.22. The molecule has 0 saturated carbocycles. The van der Waals surface area contributed by atoms with E-state index in [1.807, 2.05) is 29.6 Å². The topological polar surface area (TPSA) is 46.4 Å². The molecule has 0 bridgehead atoms. The molecule has 0 unspecified atom stereocenters. The summed E-state index contributed by atoms with van der Waals surface area (Å²) < 4.78 is 2.22.